The predicted molar refractivity (Wildman–Crippen MR) is 115 cm³/mol. The van der Waals surface area contributed by atoms with Gasteiger partial charge in [-0.15, -0.1) is 19.7 Å². The van der Waals surface area contributed by atoms with Crippen molar-refractivity contribution in [1.29, 1.82) is 10.5 Å². The Balaban J connectivity index is 2.77. The van der Waals surface area contributed by atoms with Gasteiger partial charge in [0.15, 0.2) is 11.4 Å². The van der Waals surface area contributed by atoms with E-state index in [4.69, 9.17) is 0 Å². The quantitative estimate of drug-likeness (QED) is 0.564. The first-order valence-corrected chi connectivity index (χ1v) is 8.92. The molecule has 0 radical (unpaired) electrons. The summed E-state index contributed by atoms with van der Waals surface area (Å²) in [5.41, 5.74) is 1.75. The Bertz CT molecular complexity index is 950. The molecular formula is C24H22N4. The minimum Gasteiger partial charge on any atom is -0.242 e. The van der Waals surface area contributed by atoms with E-state index < -0.39 is 5.41 Å². The van der Waals surface area contributed by atoms with Crippen LogP contribution in [0, 0.1) is 28.1 Å². The Morgan fingerprint density at radius 1 is 0.857 bits per heavy atom. The Kier molecular flexibility index (Phi) is 7.20. The molecule has 0 saturated heterocycles. The smallest absolute Gasteiger partial charge is 0.177 e. The summed E-state index contributed by atoms with van der Waals surface area (Å²) in [7, 11) is 0. The van der Waals surface area contributed by atoms with Crippen molar-refractivity contribution < 1.29 is 0 Å². The van der Waals surface area contributed by atoms with Crippen molar-refractivity contribution in [3.8, 4) is 12.1 Å². The second-order valence-electron chi connectivity index (χ2n) is 6.28. The van der Waals surface area contributed by atoms with E-state index in [2.05, 4.69) is 29.7 Å². The van der Waals surface area contributed by atoms with Gasteiger partial charge < -0.3 is 0 Å². The molecule has 28 heavy (non-hydrogen) atoms. The fourth-order valence-electron chi connectivity index (χ4n) is 3.21. The van der Waals surface area contributed by atoms with E-state index in [1.165, 1.54) is 0 Å². The maximum Gasteiger partial charge on any atom is 0.177 e. The minimum absolute atomic E-state index is 0.00627. The molecule has 1 aliphatic rings. The molecule has 0 amide bonds. The molecule has 138 valence electrons. The lowest BCUT2D eigenvalue weighted by atomic mass is 9.71. The van der Waals surface area contributed by atoms with Gasteiger partial charge in [-0.1, -0.05) is 54.6 Å². The number of nitriles is 2. The predicted octanol–water partition coefficient (Wildman–Crippen LogP) is 5.57. The third-order valence-electron chi connectivity index (χ3n) is 4.51. The highest BCUT2D eigenvalue weighted by atomic mass is 14.9. The summed E-state index contributed by atoms with van der Waals surface area (Å²) in [6.45, 7) is 11.6. The molecule has 0 bridgehead atoms. The molecule has 0 unspecified atom stereocenters. The fourth-order valence-corrected chi connectivity index (χ4v) is 3.21. The molecule has 2 rings (SSSR count). The zero-order valence-electron chi connectivity index (χ0n) is 15.8. The molecular weight excluding hydrogens is 344 g/mol. The van der Waals surface area contributed by atoms with Crippen molar-refractivity contribution >= 4 is 17.5 Å². The van der Waals surface area contributed by atoms with Gasteiger partial charge >= 0.3 is 0 Å². The van der Waals surface area contributed by atoms with E-state index >= 15 is 0 Å². The second kappa shape index (κ2) is 9.80. The zero-order valence-corrected chi connectivity index (χ0v) is 15.8. The third-order valence-corrected chi connectivity index (χ3v) is 4.51. The van der Waals surface area contributed by atoms with Gasteiger partial charge in [-0.05, 0) is 24.5 Å². The standard InChI is InChI=1S/C24H22N4/c1-4-10-22-24(15-5-2,16-6-3)23(14-13-19-11-8-7-9-12-19)28-21(18-26)20(17-25)27-22/h4-9,11-14H,1-3,10,15-16H2. The molecule has 0 N–H and O–H groups in total. The van der Waals surface area contributed by atoms with Crippen molar-refractivity contribution in [2.24, 2.45) is 15.4 Å². The van der Waals surface area contributed by atoms with Crippen molar-refractivity contribution in [3.05, 3.63) is 91.3 Å². The molecule has 4 heteroatoms. The van der Waals surface area contributed by atoms with Gasteiger partial charge in [0.05, 0.1) is 11.1 Å². The van der Waals surface area contributed by atoms with Gasteiger partial charge in [-0.25, -0.2) is 9.98 Å². The highest BCUT2D eigenvalue weighted by molar-refractivity contribution is 6.19. The minimum atomic E-state index is -0.649. The lowest BCUT2D eigenvalue weighted by molar-refractivity contribution is 0.588. The summed E-state index contributed by atoms with van der Waals surface area (Å²) in [6, 6.07) is 13.8. The Morgan fingerprint density at radius 3 is 2.00 bits per heavy atom. The maximum atomic E-state index is 9.55. The Hall–Kier alpha value is -3.76. The lowest BCUT2D eigenvalue weighted by Gasteiger charge is -2.33. The van der Waals surface area contributed by atoms with Crippen molar-refractivity contribution in [2.45, 2.75) is 19.3 Å². The van der Waals surface area contributed by atoms with E-state index in [0.717, 1.165) is 11.3 Å². The number of nitrogens with zero attached hydrogens (tertiary/aromatic N) is 4. The molecule has 0 atom stereocenters. The van der Waals surface area contributed by atoms with Gasteiger partial charge in [0.25, 0.3) is 0 Å². The average molecular weight is 366 g/mol. The van der Waals surface area contributed by atoms with Crippen molar-refractivity contribution in [1.82, 2.24) is 0 Å². The van der Waals surface area contributed by atoms with E-state index in [0.29, 0.717) is 25.0 Å². The molecule has 4 nitrogen and oxygen atoms in total. The van der Waals surface area contributed by atoms with Gasteiger partial charge in [-0.2, -0.15) is 10.5 Å². The van der Waals surface area contributed by atoms with Gasteiger partial charge in [0, 0.05) is 12.1 Å². The van der Waals surface area contributed by atoms with Crippen molar-refractivity contribution in [3.63, 3.8) is 0 Å². The Morgan fingerprint density at radius 2 is 1.46 bits per heavy atom. The number of hydrogen-bond donors (Lipinski definition) is 0. The first-order valence-electron chi connectivity index (χ1n) is 8.92. The average Bonchev–Trinajstić information content (AvgIpc) is 2.83. The lowest BCUT2D eigenvalue weighted by Crippen LogP contribution is -2.37. The van der Waals surface area contributed by atoms with Gasteiger partial charge in [0.2, 0.25) is 0 Å². The summed E-state index contributed by atoms with van der Waals surface area (Å²) in [4.78, 5) is 9.10. The summed E-state index contributed by atoms with van der Waals surface area (Å²) < 4.78 is 0. The van der Waals surface area contributed by atoms with Crippen LogP contribution in [0.2, 0.25) is 0 Å². The summed E-state index contributed by atoms with van der Waals surface area (Å²) in [5, 5.41) is 19.1. The van der Waals surface area contributed by atoms with Gasteiger partial charge in [-0.3, -0.25) is 0 Å². The monoisotopic (exact) mass is 366 g/mol. The molecule has 0 spiro atoms. The van der Waals surface area contributed by atoms with E-state index in [1.807, 2.05) is 54.6 Å². The molecule has 1 heterocycles. The summed E-state index contributed by atoms with van der Waals surface area (Å²) in [6.07, 6.45) is 10.7. The number of aliphatic imine (C=N–C) groups is 2. The largest absolute Gasteiger partial charge is 0.242 e. The number of benzene rings is 1. The zero-order chi connectivity index (χ0) is 20.4. The van der Waals surface area contributed by atoms with Crippen LogP contribution in [0.3, 0.4) is 0 Å². The van der Waals surface area contributed by atoms with Crippen molar-refractivity contribution in [2.75, 3.05) is 0 Å². The highest BCUT2D eigenvalue weighted by Gasteiger charge is 2.39. The normalized spacial score (nSPS) is 15.6. The van der Waals surface area contributed by atoms with Crippen LogP contribution >= 0.6 is 0 Å². The molecule has 1 aliphatic heterocycles. The van der Waals surface area contributed by atoms with E-state index in [-0.39, 0.29) is 11.4 Å². The molecule has 0 fully saturated rings. The van der Waals surface area contributed by atoms with Crippen LogP contribution in [0.25, 0.3) is 6.08 Å². The first kappa shape index (κ1) is 20.6. The Labute approximate surface area is 166 Å². The highest BCUT2D eigenvalue weighted by Crippen LogP contribution is 2.37. The molecule has 0 aromatic heterocycles. The maximum absolute atomic E-state index is 9.55. The van der Waals surface area contributed by atoms with Crippen LogP contribution in [-0.2, 0) is 0 Å². The number of rotatable bonds is 8. The molecule has 0 saturated carbocycles. The second-order valence-corrected chi connectivity index (χ2v) is 6.28. The topological polar surface area (TPSA) is 72.3 Å². The summed E-state index contributed by atoms with van der Waals surface area (Å²) >= 11 is 0. The van der Waals surface area contributed by atoms with Crippen LogP contribution < -0.4 is 0 Å². The van der Waals surface area contributed by atoms with Crippen LogP contribution in [0.1, 0.15) is 24.8 Å². The van der Waals surface area contributed by atoms with Crippen LogP contribution in [0.5, 0.6) is 0 Å². The SMILES string of the molecule is C=CCC1=NC(C#N)=C(C#N)N=C(C=Cc2ccccc2)C1(CC=C)CC=C. The molecule has 1 aromatic carbocycles. The third kappa shape index (κ3) is 4.31. The number of allylic oxidation sites excluding steroid dienone is 6. The van der Waals surface area contributed by atoms with E-state index in [1.54, 1.807) is 18.2 Å². The van der Waals surface area contributed by atoms with Gasteiger partial charge in [0.1, 0.15) is 12.1 Å². The molecule has 1 aromatic rings. The van der Waals surface area contributed by atoms with Crippen LogP contribution in [0.15, 0.2) is 95.8 Å². The fraction of sp³-hybridized carbons (Fsp3) is 0.167. The summed E-state index contributed by atoms with van der Waals surface area (Å²) in [5.74, 6) is 0. The van der Waals surface area contributed by atoms with E-state index in [9.17, 15) is 10.5 Å². The first-order chi connectivity index (χ1) is 13.6. The van der Waals surface area contributed by atoms with Crippen LogP contribution in [0.4, 0.5) is 0 Å². The number of hydrogen-bond acceptors (Lipinski definition) is 4. The van der Waals surface area contributed by atoms with Crippen LogP contribution in [-0.4, -0.2) is 11.4 Å². The molecule has 0 aliphatic carbocycles.